The predicted octanol–water partition coefficient (Wildman–Crippen LogP) is 1.91. The van der Waals surface area contributed by atoms with E-state index in [1.54, 1.807) is 4.68 Å². The molecule has 138 valence electrons. The van der Waals surface area contributed by atoms with Gasteiger partial charge in [0.05, 0.1) is 18.8 Å². The van der Waals surface area contributed by atoms with Gasteiger partial charge in [0.2, 0.25) is 5.95 Å². The smallest absolute Gasteiger partial charge is 0.254 e. The molecule has 2 aliphatic rings. The number of aromatic nitrogens is 4. The molecule has 4 heterocycles. The number of allylic oxidation sites excluding steroid dienone is 1. The number of nitrogens with one attached hydrogen (secondary N) is 2. The van der Waals surface area contributed by atoms with Gasteiger partial charge in [0.1, 0.15) is 12.4 Å². The summed E-state index contributed by atoms with van der Waals surface area (Å²) in [5.41, 5.74) is 3.54. The molecular formula is C19H20N6O2. The molecule has 0 bridgehead atoms. The largest absolute Gasteiger partial charge is 0.378 e. The third-order valence-electron chi connectivity index (χ3n) is 5.24. The van der Waals surface area contributed by atoms with Crippen LogP contribution in [0.15, 0.2) is 48.1 Å². The highest BCUT2D eigenvalue weighted by Crippen LogP contribution is 2.38. The lowest BCUT2D eigenvalue weighted by molar-refractivity contribution is -0.131. The molecule has 0 saturated carbocycles. The molecule has 5 rings (SSSR count). The molecule has 1 amide bonds. The number of hydrogen-bond acceptors (Lipinski definition) is 5. The molecule has 1 fully saturated rings. The lowest BCUT2D eigenvalue weighted by atomic mass is 9.94. The monoisotopic (exact) mass is 364 g/mol. The van der Waals surface area contributed by atoms with E-state index in [0.717, 1.165) is 22.2 Å². The van der Waals surface area contributed by atoms with E-state index in [1.807, 2.05) is 36.2 Å². The first kappa shape index (κ1) is 16.1. The Morgan fingerprint density at radius 3 is 2.93 bits per heavy atom. The fraction of sp³-hybridized carbons (Fsp3) is 0.316. The van der Waals surface area contributed by atoms with Crippen LogP contribution in [0.1, 0.15) is 18.5 Å². The Bertz CT molecular complexity index is 1040. The van der Waals surface area contributed by atoms with Crippen molar-refractivity contribution in [2.75, 3.05) is 31.6 Å². The number of anilines is 1. The minimum atomic E-state index is -0.338. The first-order valence-electron chi connectivity index (χ1n) is 9.04. The van der Waals surface area contributed by atoms with Gasteiger partial charge in [-0.05, 0) is 13.0 Å². The average Bonchev–Trinajstić information content (AvgIpc) is 3.34. The molecule has 8 nitrogen and oxygen atoms in total. The quantitative estimate of drug-likeness (QED) is 0.725. The van der Waals surface area contributed by atoms with E-state index >= 15 is 0 Å². The lowest BCUT2D eigenvalue weighted by Crippen LogP contribution is -2.44. The second kappa shape index (κ2) is 6.24. The molecule has 2 aromatic heterocycles. The van der Waals surface area contributed by atoms with Gasteiger partial charge in [-0.2, -0.15) is 10.1 Å². The molecule has 8 heteroatoms. The van der Waals surface area contributed by atoms with Gasteiger partial charge < -0.3 is 19.9 Å². The normalized spacial score (nSPS) is 19.9. The number of ether oxygens (including phenoxy) is 1. The van der Waals surface area contributed by atoms with Crippen molar-refractivity contribution in [3.63, 3.8) is 0 Å². The Morgan fingerprint density at radius 1 is 1.26 bits per heavy atom. The average molecular weight is 364 g/mol. The van der Waals surface area contributed by atoms with Crippen LogP contribution in [0.4, 0.5) is 5.95 Å². The van der Waals surface area contributed by atoms with Crippen molar-refractivity contribution >= 4 is 22.8 Å². The highest BCUT2D eigenvalue weighted by molar-refractivity contribution is 5.98. The Kier molecular flexibility index (Phi) is 3.71. The van der Waals surface area contributed by atoms with Crippen molar-refractivity contribution < 1.29 is 9.53 Å². The van der Waals surface area contributed by atoms with E-state index in [2.05, 4.69) is 26.4 Å². The van der Waals surface area contributed by atoms with E-state index in [1.165, 1.54) is 6.33 Å². The fourth-order valence-electron chi connectivity index (χ4n) is 3.91. The molecule has 1 aromatic carbocycles. The summed E-state index contributed by atoms with van der Waals surface area (Å²) < 4.78 is 7.19. The van der Waals surface area contributed by atoms with E-state index < -0.39 is 0 Å². The Morgan fingerprint density at radius 2 is 2.07 bits per heavy atom. The van der Waals surface area contributed by atoms with Gasteiger partial charge in [-0.25, -0.2) is 4.68 Å². The lowest BCUT2D eigenvalue weighted by Gasteiger charge is -2.33. The summed E-state index contributed by atoms with van der Waals surface area (Å²) >= 11 is 0. The standard InChI is InChI=1S/C19H20N6O2/c1-12-16(18(26)24-6-8-27-9-7-24)17(25-19(23-12)21-11-22-25)14-10-20-15-5-3-2-4-13(14)15/h2-5,10-11,17,20H,6-9H2,1H3,(H,21,22,23)/t17-/m0/s1. The van der Waals surface area contributed by atoms with Crippen LogP contribution in [-0.2, 0) is 9.53 Å². The highest BCUT2D eigenvalue weighted by Gasteiger charge is 2.36. The Labute approximate surface area is 155 Å². The Hall–Kier alpha value is -3.13. The van der Waals surface area contributed by atoms with Crippen LogP contribution >= 0.6 is 0 Å². The molecule has 0 aliphatic carbocycles. The van der Waals surface area contributed by atoms with E-state index in [9.17, 15) is 4.79 Å². The summed E-state index contributed by atoms with van der Waals surface area (Å²) in [5, 5.41) is 8.72. The minimum Gasteiger partial charge on any atom is -0.378 e. The van der Waals surface area contributed by atoms with Gasteiger partial charge in [0, 0.05) is 41.4 Å². The maximum absolute atomic E-state index is 13.4. The summed E-state index contributed by atoms with van der Waals surface area (Å²) in [4.78, 5) is 22.9. The van der Waals surface area contributed by atoms with Gasteiger partial charge in [-0.1, -0.05) is 18.2 Å². The molecule has 2 N–H and O–H groups in total. The Balaban J connectivity index is 1.66. The summed E-state index contributed by atoms with van der Waals surface area (Å²) in [7, 11) is 0. The highest BCUT2D eigenvalue weighted by atomic mass is 16.5. The number of morpholine rings is 1. The maximum Gasteiger partial charge on any atom is 0.254 e. The molecule has 1 atom stereocenters. The number of H-pyrrole nitrogens is 1. The van der Waals surface area contributed by atoms with E-state index in [0.29, 0.717) is 37.8 Å². The summed E-state index contributed by atoms with van der Waals surface area (Å²) in [6.07, 6.45) is 3.48. The molecule has 0 unspecified atom stereocenters. The first-order chi connectivity index (χ1) is 13.2. The molecule has 0 spiro atoms. The molecule has 2 aliphatic heterocycles. The predicted molar refractivity (Wildman–Crippen MR) is 100 cm³/mol. The van der Waals surface area contributed by atoms with Gasteiger partial charge in [-0.3, -0.25) is 4.79 Å². The number of hydrogen-bond donors (Lipinski definition) is 2. The van der Waals surface area contributed by atoms with E-state index in [-0.39, 0.29) is 11.9 Å². The zero-order chi connectivity index (χ0) is 18.4. The summed E-state index contributed by atoms with van der Waals surface area (Å²) in [5.74, 6) is 0.654. The van der Waals surface area contributed by atoms with Gasteiger partial charge in [0.15, 0.2) is 0 Å². The van der Waals surface area contributed by atoms with E-state index in [4.69, 9.17) is 4.74 Å². The second-order valence-electron chi connectivity index (χ2n) is 6.79. The van der Waals surface area contributed by atoms with Crippen LogP contribution in [-0.4, -0.2) is 56.9 Å². The first-order valence-corrected chi connectivity index (χ1v) is 9.04. The number of para-hydroxylation sites is 1. The third kappa shape index (κ3) is 2.52. The van der Waals surface area contributed by atoms with Crippen molar-refractivity contribution in [1.82, 2.24) is 24.6 Å². The zero-order valence-corrected chi connectivity index (χ0v) is 15.0. The fourth-order valence-corrected chi connectivity index (χ4v) is 3.91. The number of benzene rings is 1. The van der Waals surface area contributed by atoms with Crippen molar-refractivity contribution in [2.45, 2.75) is 13.0 Å². The number of carbonyl (C=O) groups excluding carboxylic acids is 1. The molecule has 1 saturated heterocycles. The van der Waals surface area contributed by atoms with Gasteiger partial charge in [-0.15, -0.1) is 0 Å². The number of carbonyl (C=O) groups is 1. The van der Waals surface area contributed by atoms with Crippen molar-refractivity contribution in [2.24, 2.45) is 0 Å². The van der Waals surface area contributed by atoms with Crippen molar-refractivity contribution in [3.8, 4) is 0 Å². The third-order valence-corrected chi connectivity index (χ3v) is 5.24. The molecule has 0 radical (unpaired) electrons. The van der Waals surface area contributed by atoms with Crippen molar-refractivity contribution in [1.29, 1.82) is 0 Å². The van der Waals surface area contributed by atoms with Crippen LogP contribution in [0.25, 0.3) is 10.9 Å². The topological polar surface area (TPSA) is 88.1 Å². The van der Waals surface area contributed by atoms with Crippen LogP contribution in [0.3, 0.4) is 0 Å². The second-order valence-corrected chi connectivity index (χ2v) is 6.79. The summed E-state index contributed by atoms with van der Waals surface area (Å²) in [6.45, 7) is 4.25. The molecule has 27 heavy (non-hydrogen) atoms. The SMILES string of the molecule is CC1=C(C(=O)N2CCOCC2)[C@H](c2c[nH]c3ccccc23)n2ncnc2N1. The molecular weight excluding hydrogens is 344 g/mol. The van der Waals surface area contributed by atoms with Crippen LogP contribution in [0.2, 0.25) is 0 Å². The van der Waals surface area contributed by atoms with Crippen LogP contribution in [0.5, 0.6) is 0 Å². The van der Waals surface area contributed by atoms with Crippen LogP contribution < -0.4 is 5.32 Å². The number of aromatic amines is 1. The minimum absolute atomic E-state index is 0.0136. The van der Waals surface area contributed by atoms with Gasteiger partial charge in [0.25, 0.3) is 5.91 Å². The zero-order valence-electron chi connectivity index (χ0n) is 15.0. The number of amides is 1. The maximum atomic E-state index is 13.4. The van der Waals surface area contributed by atoms with Crippen LogP contribution in [0, 0.1) is 0 Å². The van der Waals surface area contributed by atoms with Crippen molar-refractivity contribution in [3.05, 3.63) is 53.6 Å². The number of rotatable bonds is 2. The summed E-state index contributed by atoms with van der Waals surface area (Å²) in [6, 6.07) is 7.75. The number of nitrogens with zero attached hydrogens (tertiary/aromatic N) is 4. The number of fused-ring (bicyclic) bond motifs is 2. The molecule has 3 aromatic rings. The van der Waals surface area contributed by atoms with Gasteiger partial charge >= 0.3 is 0 Å².